The Bertz CT molecular complexity index is 1730. The third kappa shape index (κ3) is 7.87. The number of thiazole rings is 1. The molecule has 9 nitrogen and oxygen atoms in total. The zero-order chi connectivity index (χ0) is 33.3. The van der Waals surface area contributed by atoms with E-state index in [4.69, 9.17) is 4.74 Å². The topological polar surface area (TPSA) is 96.7 Å². The summed E-state index contributed by atoms with van der Waals surface area (Å²) in [7, 11) is 0. The normalized spacial score (nSPS) is 19.6. The Kier molecular flexibility index (Phi) is 9.16. The summed E-state index contributed by atoms with van der Waals surface area (Å²) in [6.07, 6.45) is -4.97. The number of alkyl halides is 6. The lowest BCUT2D eigenvalue weighted by Crippen LogP contribution is -2.46. The van der Waals surface area contributed by atoms with Gasteiger partial charge in [0.2, 0.25) is 0 Å². The molecule has 1 saturated heterocycles. The molecule has 0 bridgehead atoms. The predicted octanol–water partition coefficient (Wildman–Crippen LogP) is 7.76. The third-order valence-corrected chi connectivity index (χ3v) is 9.40. The van der Waals surface area contributed by atoms with Crippen LogP contribution in [0.25, 0.3) is 10.2 Å². The van der Waals surface area contributed by atoms with E-state index in [1.165, 1.54) is 23.5 Å². The molecule has 2 fully saturated rings. The van der Waals surface area contributed by atoms with Crippen molar-refractivity contribution in [2.45, 2.75) is 56.7 Å². The SMILES string of the molecule is O=[N+]([O-])c1ccc(N[C@H]2CC[C@H](Oc3ccnc(N4CCN(Cc5nc6cc(C(F)(F)F)ccc6s5)CC4)c3)CC2)cc1C(F)(F)F. The molecule has 250 valence electrons. The van der Waals surface area contributed by atoms with Gasteiger partial charge in [-0.3, -0.25) is 15.0 Å². The number of halogens is 6. The van der Waals surface area contributed by atoms with Crippen molar-refractivity contribution in [3.8, 4) is 5.75 Å². The fourth-order valence-corrected chi connectivity index (χ4v) is 6.95. The molecule has 2 aliphatic rings. The lowest BCUT2D eigenvalue weighted by molar-refractivity contribution is -0.388. The van der Waals surface area contributed by atoms with Crippen LogP contribution in [0, 0.1) is 10.1 Å². The lowest BCUT2D eigenvalue weighted by Gasteiger charge is -2.35. The Hall–Kier alpha value is -4.18. The monoisotopic (exact) mass is 680 g/mol. The quantitative estimate of drug-likeness (QED) is 0.115. The Morgan fingerprint density at radius 1 is 0.936 bits per heavy atom. The maximum Gasteiger partial charge on any atom is 0.423 e. The molecule has 16 heteroatoms. The predicted molar refractivity (Wildman–Crippen MR) is 165 cm³/mol. The molecule has 1 saturated carbocycles. The van der Waals surface area contributed by atoms with Gasteiger partial charge in [0.1, 0.15) is 22.1 Å². The largest absolute Gasteiger partial charge is 0.490 e. The number of nitrogens with zero attached hydrogens (tertiary/aromatic N) is 5. The lowest BCUT2D eigenvalue weighted by atomic mass is 9.92. The maximum atomic E-state index is 13.4. The van der Waals surface area contributed by atoms with Gasteiger partial charge in [-0.15, -0.1) is 11.3 Å². The number of aromatic nitrogens is 2. The summed E-state index contributed by atoms with van der Waals surface area (Å²) in [6.45, 7) is 3.42. The summed E-state index contributed by atoms with van der Waals surface area (Å²) in [4.78, 5) is 23.3. The molecule has 1 aliphatic carbocycles. The van der Waals surface area contributed by atoms with E-state index in [2.05, 4.69) is 25.1 Å². The van der Waals surface area contributed by atoms with Gasteiger partial charge in [-0.1, -0.05) is 0 Å². The Labute approximate surface area is 269 Å². The van der Waals surface area contributed by atoms with E-state index < -0.39 is 34.1 Å². The van der Waals surface area contributed by atoms with Crippen molar-refractivity contribution < 1.29 is 36.0 Å². The van der Waals surface area contributed by atoms with Crippen molar-refractivity contribution in [1.82, 2.24) is 14.9 Å². The number of pyridine rings is 1. The molecule has 6 rings (SSSR count). The van der Waals surface area contributed by atoms with Crippen LogP contribution < -0.4 is 15.0 Å². The van der Waals surface area contributed by atoms with E-state index in [1.54, 1.807) is 12.3 Å². The minimum Gasteiger partial charge on any atom is -0.490 e. The highest BCUT2D eigenvalue weighted by Crippen LogP contribution is 2.38. The molecule has 1 N–H and O–H groups in total. The van der Waals surface area contributed by atoms with Gasteiger partial charge in [0.05, 0.1) is 33.4 Å². The summed E-state index contributed by atoms with van der Waals surface area (Å²) in [5.41, 5.74) is -2.42. The standard InChI is InChI=1S/C31H30F6N6O3S/c32-30(33,34)19-1-8-27-25(15-19)40-29(47-27)18-41-11-13-42(14-12-41)28-17-23(9-10-38-28)46-22-5-2-20(3-6-22)39-21-4-7-26(43(44)45)24(16-21)31(35,36)37/h1,4,7-10,15-17,20,22,39H,2-3,5-6,11-14,18H2/t20-,22-. The van der Waals surface area contributed by atoms with Crippen LogP contribution in [0.3, 0.4) is 0 Å². The van der Waals surface area contributed by atoms with Crippen LogP contribution >= 0.6 is 11.3 Å². The second-order valence-electron chi connectivity index (χ2n) is 11.6. The maximum absolute atomic E-state index is 13.4. The van der Waals surface area contributed by atoms with Gasteiger partial charge >= 0.3 is 12.4 Å². The third-order valence-electron chi connectivity index (χ3n) is 8.38. The van der Waals surface area contributed by atoms with Crippen molar-refractivity contribution in [3.05, 3.63) is 81.0 Å². The van der Waals surface area contributed by atoms with Crippen LogP contribution in [-0.4, -0.2) is 58.1 Å². The fraction of sp³-hybridized carbons (Fsp3) is 0.419. The van der Waals surface area contributed by atoms with E-state index in [1.807, 2.05) is 6.07 Å². The molecule has 1 aliphatic heterocycles. The molecular formula is C31H30F6N6O3S. The number of benzene rings is 2. The summed E-state index contributed by atoms with van der Waals surface area (Å²) >= 11 is 1.40. The van der Waals surface area contributed by atoms with Crippen molar-refractivity contribution in [1.29, 1.82) is 0 Å². The fourth-order valence-electron chi connectivity index (χ4n) is 5.96. The van der Waals surface area contributed by atoms with Crippen LogP contribution in [0.15, 0.2) is 54.7 Å². The van der Waals surface area contributed by atoms with Crippen LogP contribution in [0.1, 0.15) is 41.8 Å². The number of rotatable bonds is 8. The van der Waals surface area contributed by atoms with Gasteiger partial charge in [0.25, 0.3) is 5.69 Å². The molecular weight excluding hydrogens is 650 g/mol. The number of hydrogen-bond donors (Lipinski definition) is 1. The van der Waals surface area contributed by atoms with E-state index >= 15 is 0 Å². The minimum absolute atomic E-state index is 0.0798. The average Bonchev–Trinajstić information content (AvgIpc) is 3.43. The number of ether oxygens (including phenoxy) is 1. The Balaban J connectivity index is 0.985. The molecule has 0 radical (unpaired) electrons. The zero-order valence-electron chi connectivity index (χ0n) is 24.9. The van der Waals surface area contributed by atoms with E-state index in [0.29, 0.717) is 56.6 Å². The van der Waals surface area contributed by atoms with Crippen molar-refractivity contribution >= 4 is 38.7 Å². The van der Waals surface area contributed by atoms with Crippen LogP contribution in [0.5, 0.6) is 5.75 Å². The zero-order valence-corrected chi connectivity index (χ0v) is 25.7. The molecule has 4 aromatic rings. The second kappa shape index (κ2) is 13.1. The van der Waals surface area contributed by atoms with Crippen molar-refractivity contribution in [2.75, 3.05) is 36.4 Å². The molecule has 0 amide bonds. The molecule has 2 aromatic heterocycles. The number of fused-ring (bicyclic) bond motifs is 1. The van der Waals surface area contributed by atoms with Crippen LogP contribution in [0.4, 0.5) is 43.5 Å². The van der Waals surface area contributed by atoms with E-state index in [0.717, 1.165) is 52.9 Å². The van der Waals surface area contributed by atoms with Gasteiger partial charge < -0.3 is 15.0 Å². The van der Waals surface area contributed by atoms with Gasteiger partial charge in [0.15, 0.2) is 0 Å². The number of nitro groups is 1. The highest BCUT2D eigenvalue weighted by molar-refractivity contribution is 7.18. The summed E-state index contributed by atoms with van der Waals surface area (Å²) in [5, 5.41) is 14.9. The average molecular weight is 681 g/mol. The molecule has 47 heavy (non-hydrogen) atoms. The molecule has 0 spiro atoms. The number of nitro benzene ring substituents is 1. The van der Waals surface area contributed by atoms with Crippen molar-refractivity contribution in [3.63, 3.8) is 0 Å². The second-order valence-corrected chi connectivity index (χ2v) is 12.7. The van der Waals surface area contributed by atoms with Crippen LogP contribution in [-0.2, 0) is 18.9 Å². The van der Waals surface area contributed by atoms with Gasteiger partial charge in [-0.25, -0.2) is 9.97 Å². The highest BCUT2D eigenvalue weighted by atomic mass is 32.1. The Morgan fingerprint density at radius 2 is 1.68 bits per heavy atom. The first-order valence-corrected chi connectivity index (χ1v) is 15.8. The smallest absolute Gasteiger partial charge is 0.423 e. The van der Waals surface area contributed by atoms with Gasteiger partial charge in [-0.05, 0) is 62.1 Å². The molecule has 2 aromatic carbocycles. The molecule has 0 atom stereocenters. The first kappa shape index (κ1) is 32.7. The summed E-state index contributed by atoms with van der Waals surface area (Å²) in [5.74, 6) is 1.45. The number of piperazine rings is 1. The van der Waals surface area contributed by atoms with Gasteiger partial charge in [0, 0.05) is 56.2 Å². The Morgan fingerprint density at radius 3 is 2.36 bits per heavy atom. The molecule has 0 unspecified atom stereocenters. The summed E-state index contributed by atoms with van der Waals surface area (Å²) < 4.78 is 86.2. The van der Waals surface area contributed by atoms with E-state index in [9.17, 15) is 36.5 Å². The number of anilines is 2. The number of hydrogen-bond acceptors (Lipinski definition) is 9. The molecule has 3 heterocycles. The van der Waals surface area contributed by atoms with Gasteiger partial charge in [-0.2, -0.15) is 26.3 Å². The summed E-state index contributed by atoms with van der Waals surface area (Å²) in [6, 6.07) is 10.2. The number of nitrogens with one attached hydrogen (secondary N) is 1. The van der Waals surface area contributed by atoms with E-state index in [-0.39, 0.29) is 17.8 Å². The minimum atomic E-state index is -4.84. The van der Waals surface area contributed by atoms with Crippen molar-refractivity contribution in [2.24, 2.45) is 0 Å². The first-order valence-electron chi connectivity index (χ1n) is 15.0. The highest BCUT2D eigenvalue weighted by Gasteiger charge is 2.38. The van der Waals surface area contributed by atoms with Crippen LogP contribution in [0.2, 0.25) is 0 Å². The first-order chi connectivity index (χ1) is 22.3.